The molecule has 1 heterocycles. The second-order valence-electron chi connectivity index (χ2n) is 6.09. The monoisotopic (exact) mass is 421 g/mol. The van der Waals surface area contributed by atoms with E-state index in [1.807, 2.05) is 0 Å². The molecule has 0 bridgehead atoms. The van der Waals surface area contributed by atoms with Crippen molar-refractivity contribution in [1.29, 1.82) is 0 Å². The van der Waals surface area contributed by atoms with Crippen LogP contribution in [0.1, 0.15) is 28.5 Å². The lowest BCUT2D eigenvalue weighted by molar-refractivity contribution is -0.137. The number of rotatable bonds is 7. The lowest BCUT2D eigenvalue weighted by atomic mass is 10.1. The molecule has 0 radical (unpaired) electrons. The summed E-state index contributed by atoms with van der Waals surface area (Å²) in [5.41, 5.74) is 0.434. The molecule has 7 nitrogen and oxygen atoms in total. The van der Waals surface area contributed by atoms with Crippen molar-refractivity contribution >= 4 is 5.97 Å². The number of carbonyl (C=O) groups excluding carboxylic acids is 1. The van der Waals surface area contributed by atoms with Crippen LogP contribution in [0.15, 0.2) is 42.5 Å². The van der Waals surface area contributed by atoms with E-state index in [2.05, 4.69) is 15.4 Å². The summed E-state index contributed by atoms with van der Waals surface area (Å²) in [5, 5.41) is 10.2. The van der Waals surface area contributed by atoms with Crippen LogP contribution in [-0.4, -0.2) is 35.1 Å². The van der Waals surface area contributed by atoms with Crippen molar-refractivity contribution in [2.75, 3.05) is 13.7 Å². The van der Waals surface area contributed by atoms with Crippen molar-refractivity contribution < 1.29 is 32.2 Å². The second-order valence-corrected chi connectivity index (χ2v) is 6.09. The number of hydrogen-bond donors (Lipinski definition) is 1. The number of methoxy groups -OCH3 is 1. The number of hydrogen-bond acceptors (Lipinski definition) is 6. The summed E-state index contributed by atoms with van der Waals surface area (Å²) < 4.78 is 54.5. The normalized spacial score (nSPS) is 11.2. The molecule has 30 heavy (non-hydrogen) atoms. The van der Waals surface area contributed by atoms with Crippen molar-refractivity contribution in [3.05, 3.63) is 59.3 Å². The van der Waals surface area contributed by atoms with Crippen LogP contribution in [0.25, 0.3) is 11.3 Å². The molecule has 0 aliphatic rings. The maximum Gasteiger partial charge on any atom is 0.416 e. The van der Waals surface area contributed by atoms with E-state index in [0.717, 1.165) is 12.1 Å². The van der Waals surface area contributed by atoms with Crippen LogP contribution >= 0.6 is 0 Å². The molecule has 3 rings (SSSR count). The number of carbonyl (C=O) groups is 1. The van der Waals surface area contributed by atoms with Gasteiger partial charge >= 0.3 is 12.1 Å². The number of esters is 1. The van der Waals surface area contributed by atoms with Gasteiger partial charge in [0, 0.05) is 5.56 Å². The van der Waals surface area contributed by atoms with Crippen LogP contribution < -0.4 is 9.47 Å². The van der Waals surface area contributed by atoms with Gasteiger partial charge in [0.1, 0.15) is 12.3 Å². The van der Waals surface area contributed by atoms with E-state index in [1.54, 1.807) is 25.1 Å². The lowest BCUT2D eigenvalue weighted by Crippen LogP contribution is -2.07. The topological polar surface area (TPSA) is 86.3 Å². The molecular formula is C20H18F3N3O4. The standard InChI is InChI=1S/C20H18F3N3O4/c1-3-29-19(27)18-17(24-26-25-18)13-7-8-15(16(10-13)28-2)30-11-12-5-4-6-14(9-12)20(21,22)23/h4-10H,3,11H2,1-2H3,(H,24,25,26). The van der Waals surface area contributed by atoms with E-state index >= 15 is 0 Å². The van der Waals surface area contributed by atoms with Crippen LogP contribution in [-0.2, 0) is 17.5 Å². The highest BCUT2D eigenvalue weighted by Gasteiger charge is 2.30. The SMILES string of the molecule is CCOC(=O)c1n[nH]nc1-c1ccc(OCc2cccc(C(F)(F)F)c2)c(OC)c1. The van der Waals surface area contributed by atoms with Crippen molar-refractivity contribution in [3.8, 4) is 22.8 Å². The van der Waals surface area contributed by atoms with Gasteiger partial charge in [0.15, 0.2) is 17.2 Å². The Morgan fingerprint density at radius 1 is 1.10 bits per heavy atom. The van der Waals surface area contributed by atoms with Crippen molar-refractivity contribution in [2.45, 2.75) is 19.7 Å². The van der Waals surface area contributed by atoms with Gasteiger partial charge in [-0.15, -0.1) is 5.10 Å². The first-order valence-electron chi connectivity index (χ1n) is 8.88. The van der Waals surface area contributed by atoms with Crippen LogP contribution in [0.4, 0.5) is 13.2 Å². The molecule has 2 aromatic carbocycles. The highest BCUT2D eigenvalue weighted by Crippen LogP contribution is 2.34. The van der Waals surface area contributed by atoms with E-state index < -0.39 is 17.7 Å². The third-order valence-corrected chi connectivity index (χ3v) is 4.10. The van der Waals surface area contributed by atoms with Gasteiger partial charge in [-0.05, 0) is 42.8 Å². The predicted octanol–water partition coefficient (Wildman–Crippen LogP) is 4.25. The molecule has 0 unspecified atom stereocenters. The van der Waals surface area contributed by atoms with Crippen LogP contribution in [0, 0.1) is 0 Å². The summed E-state index contributed by atoms with van der Waals surface area (Å²) in [6, 6.07) is 9.68. The molecular weight excluding hydrogens is 403 g/mol. The molecule has 1 aromatic heterocycles. The summed E-state index contributed by atoms with van der Waals surface area (Å²) in [6.07, 6.45) is -4.43. The fourth-order valence-corrected chi connectivity index (χ4v) is 2.71. The molecule has 0 spiro atoms. The second kappa shape index (κ2) is 8.85. The maximum atomic E-state index is 12.9. The molecule has 0 atom stereocenters. The summed E-state index contributed by atoms with van der Waals surface area (Å²) in [5.74, 6) is 0.0159. The Kier molecular flexibility index (Phi) is 6.24. The van der Waals surface area contributed by atoms with Crippen molar-refractivity contribution in [1.82, 2.24) is 15.4 Å². The average Bonchev–Trinajstić information content (AvgIpc) is 3.22. The maximum absolute atomic E-state index is 12.9. The first-order chi connectivity index (χ1) is 14.3. The van der Waals surface area contributed by atoms with E-state index in [1.165, 1.54) is 19.2 Å². The van der Waals surface area contributed by atoms with Gasteiger partial charge < -0.3 is 14.2 Å². The summed E-state index contributed by atoms with van der Waals surface area (Å²) in [7, 11) is 1.42. The molecule has 0 amide bonds. The Hall–Kier alpha value is -3.56. The summed E-state index contributed by atoms with van der Waals surface area (Å²) >= 11 is 0. The third-order valence-electron chi connectivity index (χ3n) is 4.10. The van der Waals surface area contributed by atoms with Crippen molar-refractivity contribution in [3.63, 3.8) is 0 Å². The fraction of sp³-hybridized carbons (Fsp3) is 0.250. The van der Waals surface area contributed by atoms with Gasteiger partial charge in [0.25, 0.3) is 0 Å². The Morgan fingerprint density at radius 2 is 1.90 bits per heavy atom. The Morgan fingerprint density at radius 3 is 2.60 bits per heavy atom. The zero-order chi connectivity index (χ0) is 21.7. The molecule has 0 aliphatic carbocycles. The number of nitrogens with zero attached hydrogens (tertiary/aromatic N) is 2. The van der Waals surface area contributed by atoms with E-state index in [0.29, 0.717) is 22.6 Å². The number of ether oxygens (including phenoxy) is 3. The van der Waals surface area contributed by atoms with Gasteiger partial charge in [0.05, 0.1) is 19.3 Å². The number of aromatic amines is 1. The Labute approximate surface area is 169 Å². The minimum Gasteiger partial charge on any atom is -0.493 e. The number of H-pyrrole nitrogens is 1. The highest BCUT2D eigenvalue weighted by atomic mass is 19.4. The summed E-state index contributed by atoms with van der Waals surface area (Å²) in [6.45, 7) is 1.78. The van der Waals surface area contributed by atoms with Crippen LogP contribution in [0.2, 0.25) is 0 Å². The van der Waals surface area contributed by atoms with Gasteiger partial charge in [-0.2, -0.15) is 23.5 Å². The lowest BCUT2D eigenvalue weighted by Gasteiger charge is -2.13. The van der Waals surface area contributed by atoms with Crippen molar-refractivity contribution in [2.24, 2.45) is 0 Å². The fourth-order valence-electron chi connectivity index (χ4n) is 2.71. The van der Waals surface area contributed by atoms with Gasteiger partial charge in [-0.3, -0.25) is 0 Å². The van der Waals surface area contributed by atoms with Crippen LogP contribution in [0.3, 0.4) is 0 Å². The number of aromatic nitrogens is 3. The molecule has 0 fully saturated rings. The molecule has 1 N–H and O–H groups in total. The zero-order valence-corrected chi connectivity index (χ0v) is 16.1. The van der Waals surface area contributed by atoms with E-state index in [4.69, 9.17) is 14.2 Å². The molecule has 0 saturated heterocycles. The minimum atomic E-state index is -4.43. The Balaban J connectivity index is 1.81. The molecule has 10 heteroatoms. The first-order valence-corrected chi connectivity index (χ1v) is 8.88. The summed E-state index contributed by atoms with van der Waals surface area (Å²) in [4.78, 5) is 12.0. The molecule has 0 saturated carbocycles. The largest absolute Gasteiger partial charge is 0.493 e. The highest BCUT2D eigenvalue weighted by molar-refractivity contribution is 5.94. The average molecular weight is 421 g/mol. The quantitative estimate of drug-likeness (QED) is 0.574. The third kappa shape index (κ3) is 4.70. The first kappa shape index (κ1) is 21.2. The molecule has 3 aromatic rings. The number of alkyl halides is 3. The predicted molar refractivity (Wildman–Crippen MR) is 100 cm³/mol. The van der Waals surface area contributed by atoms with Gasteiger partial charge in [0.2, 0.25) is 0 Å². The van der Waals surface area contributed by atoms with E-state index in [-0.39, 0.29) is 24.6 Å². The molecule has 158 valence electrons. The number of nitrogens with one attached hydrogen (secondary N) is 1. The molecule has 0 aliphatic heterocycles. The Bertz CT molecular complexity index is 1030. The number of benzene rings is 2. The van der Waals surface area contributed by atoms with Crippen LogP contribution in [0.5, 0.6) is 11.5 Å². The number of halogens is 3. The minimum absolute atomic E-state index is 0.0246. The smallest absolute Gasteiger partial charge is 0.416 e. The van der Waals surface area contributed by atoms with E-state index in [9.17, 15) is 18.0 Å². The zero-order valence-electron chi connectivity index (χ0n) is 16.1. The van der Waals surface area contributed by atoms with Gasteiger partial charge in [-0.25, -0.2) is 4.79 Å². The van der Waals surface area contributed by atoms with Gasteiger partial charge in [-0.1, -0.05) is 12.1 Å².